The number of hydrogen-bond acceptors (Lipinski definition) is 2. The fourth-order valence-electron chi connectivity index (χ4n) is 3.39. The van der Waals surface area contributed by atoms with E-state index in [1.807, 2.05) is 20.0 Å². The van der Waals surface area contributed by atoms with Crippen LogP contribution in [-0.2, 0) is 13.5 Å². The molecule has 3 rings (SSSR count). The van der Waals surface area contributed by atoms with Crippen LogP contribution < -0.4 is 4.90 Å². The van der Waals surface area contributed by atoms with Crippen LogP contribution in [0.4, 0.5) is 14.5 Å². The Hall–Kier alpha value is -1.91. The Kier molecular flexibility index (Phi) is 4.13. The third kappa shape index (κ3) is 2.73. The highest BCUT2D eigenvalue weighted by molar-refractivity contribution is 5.75. The number of hydrogen-bond donors (Lipinski definition) is 0. The number of alkyl halides is 2. The fraction of sp³-hybridized carbons (Fsp3) is 0.500. The summed E-state index contributed by atoms with van der Waals surface area (Å²) in [6.45, 7) is 7.06. The molecule has 1 aromatic heterocycles. The van der Waals surface area contributed by atoms with E-state index in [2.05, 4.69) is 23.8 Å². The van der Waals surface area contributed by atoms with Crippen LogP contribution in [0.5, 0.6) is 0 Å². The summed E-state index contributed by atoms with van der Waals surface area (Å²) in [5, 5.41) is 4.21. The molecule has 0 saturated carbocycles. The van der Waals surface area contributed by atoms with E-state index in [1.165, 1.54) is 0 Å². The lowest BCUT2D eigenvalue weighted by Gasteiger charge is -2.35. The predicted octanol–water partition coefficient (Wildman–Crippen LogP) is 4.49. The molecule has 0 atom stereocenters. The molecule has 2 heterocycles. The van der Waals surface area contributed by atoms with E-state index >= 15 is 0 Å². The average molecular weight is 319 g/mol. The molecule has 124 valence electrons. The van der Waals surface area contributed by atoms with Crippen LogP contribution in [0.15, 0.2) is 18.3 Å². The Morgan fingerprint density at radius 2 is 1.91 bits per heavy atom. The zero-order valence-electron chi connectivity index (χ0n) is 14.1. The van der Waals surface area contributed by atoms with Crippen molar-refractivity contribution in [3.63, 3.8) is 0 Å². The smallest absolute Gasteiger partial charge is 0.264 e. The van der Waals surface area contributed by atoms with Gasteiger partial charge in [-0.2, -0.15) is 5.10 Å². The summed E-state index contributed by atoms with van der Waals surface area (Å²) < 4.78 is 29.1. The Morgan fingerprint density at radius 3 is 2.48 bits per heavy atom. The number of benzene rings is 1. The maximum absolute atomic E-state index is 13.7. The van der Waals surface area contributed by atoms with Gasteiger partial charge in [0, 0.05) is 42.1 Å². The van der Waals surface area contributed by atoms with Crippen molar-refractivity contribution < 1.29 is 8.78 Å². The van der Waals surface area contributed by atoms with Crippen LogP contribution >= 0.6 is 0 Å². The molecule has 3 nitrogen and oxygen atoms in total. The summed E-state index contributed by atoms with van der Waals surface area (Å²) in [4.78, 5) is 2.23. The Morgan fingerprint density at radius 1 is 1.17 bits per heavy atom. The molecule has 2 aromatic rings. The monoisotopic (exact) mass is 319 g/mol. The second kappa shape index (κ2) is 5.95. The van der Waals surface area contributed by atoms with Gasteiger partial charge in [-0.3, -0.25) is 4.68 Å². The quantitative estimate of drug-likeness (QED) is 0.831. The molecule has 23 heavy (non-hydrogen) atoms. The summed E-state index contributed by atoms with van der Waals surface area (Å²) in [5.74, 6) is 0. The molecule has 0 bridgehead atoms. The number of halogens is 2. The van der Waals surface area contributed by atoms with Crippen molar-refractivity contribution >= 4 is 5.69 Å². The van der Waals surface area contributed by atoms with E-state index in [4.69, 9.17) is 0 Å². The van der Waals surface area contributed by atoms with Crippen molar-refractivity contribution in [2.24, 2.45) is 7.05 Å². The van der Waals surface area contributed by atoms with Crippen molar-refractivity contribution in [1.29, 1.82) is 0 Å². The Balaban J connectivity index is 2.20. The SMILES string of the molecule is Cc1c(-c2cc3c(cc2C(F)F)N(C(C)C)CCC3)cnn1C. The Bertz CT molecular complexity index is 719. The van der Waals surface area contributed by atoms with Gasteiger partial charge in [-0.25, -0.2) is 8.78 Å². The number of nitrogens with zero attached hydrogens (tertiary/aromatic N) is 3. The largest absolute Gasteiger partial charge is 0.369 e. The van der Waals surface area contributed by atoms with Crippen molar-refractivity contribution in [3.05, 3.63) is 35.2 Å². The molecule has 0 amide bonds. The highest BCUT2D eigenvalue weighted by atomic mass is 19.3. The minimum Gasteiger partial charge on any atom is -0.369 e. The molecule has 0 fully saturated rings. The normalized spacial score (nSPS) is 14.7. The van der Waals surface area contributed by atoms with Crippen molar-refractivity contribution in [2.45, 2.75) is 46.1 Å². The Labute approximate surface area is 135 Å². The molecule has 0 unspecified atom stereocenters. The van der Waals surface area contributed by atoms with Crippen LogP contribution in [-0.4, -0.2) is 22.4 Å². The van der Waals surface area contributed by atoms with Gasteiger partial charge in [0.1, 0.15) is 0 Å². The van der Waals surface area contributed by atoms with Gasteiger partial charge in [0.25, 0.3) is 6.43 Å². The van der Waals surface area contributed by atoms with E-state index in [0.29, 0.717) is 11.6 Å². The molecule has 1 aliphatic rings. The van der Waals surface area contributed by atoms with Crippen LogP contribution in [0.25, 0.3) is 11.1 Å². The first kappa shape index (κ1) is 16.0. The van der Waals surface area contributed by atoms with Gasteiger partial charge in [-0.05, 0) is 56.9 Å². The van der Waals surface area contributed by atoms with Crippen molar-refractivity contribution in [2.75, 3.05) is 11.4 Å². The summed E-state index contributed by atoms with van der Waals surface area (Å²) in [6.07, 6.45) is 1.19. The van der Waals surface area contributed by atoms with Gasteiger partial charge in [0.05, 0.1) is 6.20 Å². The molecule has 0 spiro atoms. The van der Waals surface area contributed by atoms with E-state index < -0.39 is 6.43 Å². The second-order valence-corrected chi connectivity index (χ2v) is 6.53. The zero-order valence-corrected chi connectivity index (χ0v) is 14.1. The van der Waals surface area contributed by atoms with E-state index in [9.17, 15) is 8.78 Å². The fourth-order valence-corrected chi connectivity index (χ4v) is 3.39. The first-order chi connectivity index (χ1) is 10.9. The first-order valence-corrected chi connectivity index (χ1v) is 8.10. The number of fused-ring (bicyclic) bond motifs is 1. The maximum atomic E-state index is 13.7. The molecule has 1 aromatic carbocycles. The topological polar surface area (TPSA) is 21.1 Å². The first-order valence-electron chi connectivity index (χ1n) is 8.10. The number of aryl methyl sites for hydroxylation is 2. The van der Waals surface area contributed by atoms with Crippen molar-refractivity contribution in [3.8, 4) is 11.1 Å². The maximum Gasteiger partial charge on any atom is 0.264 e. The van der Waals surface area contributed by atoms with Gasteiger partial charge < -0.3 is 4.90 Å². The molecule has 5 heteroatoms. The summed E-state index contributed by atoms with van der Waals surface area (Å²) in [5.41, 5.74) is 4.55. The average Bonchev–Trinajstić information content (AvgIpc) is 2.84. The summed E-state index contributed by atoms with van der Waals surface area (Å²) in [7, 11) is 1.83. The zero-order chi connectivity index (χ0) is 16.7. The van der Waals surface area contributed by atoms with Gasteiger partial charge in [0.2, 0.25) is 0 Å². The standard InChI is InChI=1S/C18H23F2N3/c1-11(2)23-7-5-6-13-8-14(15(18(19)20)9-17(13)23)16-10-21-22(4)12(16)3/h8-11,18H,5-7H2,1-4H3. The van der Waals surface area contributed by atoms with Crippen LogP contribution in [0.2, 0.25) is 0 Å². The number of anilines is 1. The number of aromatic nitrogens is 2. The predicted molar refractivity (Wildman–Crippen MR) is 89.1 cm³/mol. The molecular formula is C18H23F2N3. The molecular weight excluding hydrogens is 296 g/mol. The van der Waals surface area contributed by atoms with Gasteiger partial charge in [-0.1, -0.05) is 0 Å². The van der Waals surface area contributed by atoms with Crippen LogP contribution in [0.3, 0.4) is 0 Å². The molecule has 1 aliphatic heterocycles. The van der Waals surface area contributed by atoms with Crippen LogP contribution in [0, 0.1) is 6.92 Å². The van der Waals surface area contributed by atoms with Crippen molar-refractivity contribution in [1.82, 2.24) is 9.78 Å². The minimum atomic E-state index is -2.49. The summed E-state index contributed by atoms with van der Waals surface area (Å²) in [6, 6.07) is 3.96. The molecule has 0 radical (unpaired) electrons. The molecule has 0 saturated heterocycles. The lowest BCUT2D eigenvalue weighted by molar-refractivity contribution is 0.152. The lowest BCUT2D eigenvalue weighted by atomic mass is 9.91. The summed E-state index contributed by atoms with van der Waals surface area (Å²) >= 11 is 0. The molecule has 0 N–H and O–H groups in total. The third-order valence-electron chi connectivity index (χ3n) is 4.79. The van der Waals surface area contributed by atoms with E-state index in [1.54, 1.807) is 16.9 Å². The van der Waals surface area contributed by atoms with Crippen LogP contribution in [0.1, 0.15) is 43.5 Å². The highest BCUT2D eigenvalue weighted by Crippen LogP contribution is 2.40. The minimum absolute atomic E-state index is 0.104. The van der Waals surface area contributed by atoms with E-state index in [0.717, 1.165) is 41.9 Å². The number of rotatable bonds is 3. The molecule has 0 aliphatic carbocycles. The second-order valence-electron chi connectivity index (χ2n) is 6.53. The van der Waals surface area contributed by atoms with Gasteiger partial charge >= 0.3 is 0 Å². The lowest BCUT2D eigenvalue weighted by Crippen LogP contribution is -2.35. The third-order valence-corrected chi connectivity index (χ3v) is 4.79. The van der Waals surface area contributed by atoms with Gasteiger partial charge in [0.15, 0.2) is 0 Å². The van der Waals surface area contributed by atoms with E-state index in [-0.39, 0.29) is 5.56 Å². The van der Waals surface area contributed by atoms with Gasteiger partial charge in [-0.15, -0.1) is 0 Å². The highest BCUT2D eigenvalue weighted by Gasteiger charge is 2.25.